The number of benzene rings is 2. The Kier molecular flexibility index (Phi) is 6.72. The summed E-state index contributed by atoms with van der Waals surface area (Å²) < 4.78 is 5.59. The molecule has 1 atom stereocenters. The smallest absolute Gasteiger partial charge is 0.262 e. The molecule has 0 spiro atoms. The molecule has 0 aromatic heterocycles. The van der Waals surface area contributed by atoms with Crippen molar-refractivity contribution in [1.82, 2.24) is 15.1 Å². The SMILES string of the molecule is CC(C(=O)NC1CCN(C(=O)CCOc2ccccc2)CC1)N1C(=O)c2ccccc2C1=O. The van der Waals surface area contributed by atoms with Crippen LogP contribution in [0.25, 0.3) is 0 Å². The van der Waals surface area contributed by atoms with Crippen LogP contribution in [0.15, 0.2) is 54.6 Å². The Morgan fingerprint density at radius 3 is 2.15 bits per heavy atom. The third kappa shape index (κ3) is 4.89. The van der Waals surface area contributed by atoms with E-state index < -0.39 is 17.9 Å². The van der Waals surface area contributed by atoms with Gasteiger partial charge in [0.25, 0.3) is 11.8 Å². The van der Waals surface area contributed by atoms with Gasteiger partial charge in [0, 0.05) is 19.1 Å². The summed E-state index contributed by atoms with van der Waals surface area (Å²) in [7, 11) is 0. The summed E-state index contributed by atoms with van der Waals surface area (Å²) in [5.74, 6) is -0.507. The highest BCUT2D eigenvalue weighted by atomic mass is 16.5. The van der Waals surface area contributed by atoms with Crippen LogP contribution in [0.3, 0.4) is 0 Å². The maximum Gasteiger partial charge on any atom is 0.262 e. The van der Waals surface area contributed by atoms with Gasteiger partial charge in [0.2, 0.25) is 11.8 Å². The first-order valence-corrected chi connectivity index (χ1v) is 11.2. The van der Waals surface area contributed by atoms with E-state index >= 15 is 0 Å². The highest BCUT2D eigenvalue weighted by Gasteiger charge is 2.41. The summed E-state index contributed by atoms with van der Waals surface area (Å²) in [6.07, 6.45) is 1.53. The molecule has 0 aliphatic carbocycles. The minimum absolute atomic E-state index is 0.0232. The number of carbonyl (C=O) groups excluding carboxylic acids is 4. The number of ether oxygens (including phenoxy) is 1. The van der Waals surface area contributed by atoms with Crippen molar-refractivity contribution in [2.75, 3.05) is 19.7 Å². The van der Waals surface area contributed by atoms with E-state index in [0.29, 0.717) is 50.1 Å². The molecule has 172 valence electrons. The second-order valence-electron chi connectivity index (χ2n) is 8.28. The Balaban J connectivity index is 1.23. The van der Waals surface area contributed by atoms with Crippen molar-refractivity contribution in [3.05, 3.63) is 65.7 Å². The molecule has 0 saturated carbocycles. The lowest BCUT2D eigenvalue weighted by atomic mass is 10.0. The minimum atomic E-state index is -0.910. The van der Waals surface area contributed by atoms with Crippen molar-refractivity contribution in [3.8, 4) is 5.75 Å². The Morgan fingerprint density at radius 1 is 0.970 bits per heavy atom. The average Bonchev–Trinajstić information content (AvgIpc) is 3.09. The molecule has 2 aliphatic heterocycles. The summed E-state index contributed by atoms with van der Waals surface area (Å²) in [5.41, 5.74) is 0.649. The van der Waals surface area contributed by atoms with Crippen molar-refractivity contribution < 1.29 is 23.9 Å². The number of rotatable bonds is 7. The van der Waals surface area contributed by atoms with Crippen LogP contribution in [0.5, 0.6) is 5.75 Å². The molecule has 2 heterocycles. The zero-order chi connectivity index (χ0) is 23.4. The first-order chi connectivity index (χ1) is 16.0. The van der Waals surface area contributed by atoms with Crippen molar-refractivity contribution >= 4 is 23.6 Å². The van der Waals surface area contributed by atoms with E-state index in [1.54, 1.807) is 36.1 Å². The number of piperidine rings is 1. The third-order valence-electron chi connectivity index (χ3n) is 6.11. The van der Waals surface area contributed by atoms with Crippen LogP contribution in [0.4, 0.5) is 0 Å². The van der Waals surface area contributed by atoms with Crippen LogP contribution in [-0.2, 0) is 9.59 Å². The summed E-state index contributed by atoms with van der Waals surface area (Å²) in [5, 5.41) is 2.94. The molecule has 4 rings (SSSR count). The van der Waals surface area contributed by atoms with Gasteiger partial charge in [0.05, 0.1) is 24.2 Å². The molecule has 0 radical (unpaired) electrons. The lowest BCUT2D eigenvalue weighted by molar-refractivity contribution is -0.133. The first-order valence-electron chi connectivity index (χ1n) is 11.2. The van der Waals surface area contributed by atoms with Gasteiger partial charge in [-0.25, -0.2) is 0 Å². The number of nitrogens with one attached hydrogen (secondary N) is 1. The Morgan fingerprint density at radius 2 is 1.55 bits per heavy atom. The van der Waals surface area contributed by atoms with Gasteiger partial charge in [0.15, 0.2) is 0 Å². The molecule has 1 fully saturated rings. The number of imide groups is 1. The zero-order valence-corrected chi connectivity index (χ0v) is 18.5. The highest BCUT2D eigenvalue weighted by molar-refractivity contribution is 6.22. The number of para-hydroxylation sites is 1. The number of likely N-dealkylation sites (tertiary alicyclic amines) is 1. The number of hydrogen-bond acceptors (Lipinski definition) is 5. The molecule has 1 N–H and O–H groups in total. The fourth-order valence-electron chi connectivity index (χ4n) is 4.20. The van der Waals surface area contributed by atoms with Crippen LogP contribution in [-0.4, -0.2) is 65.2 Å². The maximum absolute atomic E-state index is 12.8. The third-order valence-corrected chi connectivity index (χ3v) is 6.11. The summed E-state index contributed by atoms with van der Waals surface area (Å²) in [6, 6.07) is 14.9. The maximum atomic E-state index is 12.8. The highest BCUT2D eigenvalue weighted by Crippen LogP contribution is 2.24. The van der Waals surface area contributed by atoms with Gasteiger partial charge in [-0.05, 0) is 44.0 Å². The Bertz CT molecular complexity index is 1010. The number of hydrogen-bond donors (Lipinski definition) is 1. The number of fused-ring (bicyclic) bond motifs is 1. The fraction of sp³-hybridized carbons (Fsp3) is 0.360. The molecular formula is C25H27N3O5. The lowest BCUT2D eigenvalue weighted by Crippen LogP contribution is -2.53. The molecule has 8 heteroatoms. The van der Waals surface area contributed by atoms with Crippen LogP contribution in [0.1, 0.15) is 46.9 Å². The van der Waals surface area contributed by atoms with Gasteiger partial charge < -0.3 is 15.0 Å². The largest absolute Gasteiger partial charge is 0.493 e. The van der Waals surface area contributed by atoms with E-state index in [1.807, 2.05) is 30.3 Å². The van der Waals surface area contributed by atoms with E-state index in [1.165, 1.54) is 0 Å². The molecule has 4 amide bonds. The normalized spacial score (nSPS) is 17.0. The van der Waals surface area contributed by atoms with Crippen LogP contribution >= 0.6 is 0 Å². The number of carbonyl (C=O) groups is 4. The fourth-order valence-corrected chi connectivity index (χ4v) is 4.20. The van der Waals surface area contributed by atoms with E-state index in [0.717, 1.165) is 10.6 Å². The van der Waals surface area contributed by atoms with Gasteiger partial charge in [-0.1, -0.05) is 30.3 Å². The second-order valence-corrected chi connectivity index (χ2v) is 8.28. The lowest BCUT2D eigenvalue weighted by Gasteiger charge is -2.33. The first kappa shape index (κ1) is 22.5. The quantitative estimate of drug-likeness (QED) is 0.654. The zero-order valence-electron chi connectivity index (χ0n) is 18.5. The average molecular weight is 450 g/mol. The summed E-state index contributed by atoms with van der Waals surface area (Å²) in [4.78, 5) is 53.3. The topological polar surface area (TPSA) is 96.0 Å². The molecule has 0 bridgehead atoms. The summed E-state index contributed by atoms with van der Waals surface area (Å²) >= 11 is 0. The summed E-state index contributed by atoms with van der Waals surface area (Å²) in [6.45, 7) is 2.95. The van der Waals surface area contributed by atoms with Crippen molar-refractivity contribution in [2.45, 2.75) is 38.3 Å². The predicted octanol–water partition coefficient (Wildman–Crippen LogP) is 2.25. The molecule has 2 aromatic rings. The Hall–Kier alpha value is -3.68. The van der Waals surface area contributed by atoms with Crippen molar-refractivity contribution in [1.29, 1.82) is 0 Å². The van der Waals surface area contributed by atoms with Gasteiger partial charge in [-0.2, -0.15) is 0 Å². The predicted molar refractivity (Wildman–Crippen MR) is 121 cm³/mol. The van der Waals surface area contributed by atoms with Gasteiger partial charge in [0.1, 0.15) is 11.8 Å². The molecule has 33 heavy (non-hydrogen) atoms. The van der Waals surface area contributed by atoms with E-state index in [4.69, 9.17) is 4.74 Å². The molecule has 2 aliphatic rings. The van der Waals surface area contributed by atoms with Crippen molar-refractivity contribution in [3.63, 3.8) is 0 Å². The van der Waals surface area contributed by atoms with E-state index in [2.05, 4.69) is 5.32 Å². The molecular weight excluding hydrogens is 422 g/mol. The van der Waals surface area contributed by atoms with Gasteiger partial charge >= 0.3 is 0 Å². The monoisotopic (exact) mass is 449 g/mol. The number of nitrogens with zero attached hydrogens (tertiary/aromatic N) is 2. The molecule has 2 aromatic carbocycles. The van der Waals surface area contributed by atoms with Gasteiger partial charge in [-0.3, -0.25) is 24.1 Å². The molecule has 1 unspecified atom stereocenters. The van der Waals surface area contributed by atoms with E-state index in [-0.39, 0.29) is 17.9 Å². The minimum Gasteiger partial charge on any atom is -0.493 e. The van der Waals surface area contributed by atoms with Crippen LogP contribution in [0, 0.1) is 0 Å². The second kappa shape index (κ2) is 9.85. The van der Waals surface area contributed by atoms with E-state index in [9.17, 15) is 19.2 Å². The van der Waals surface area contributed by atoms with Crippen LogP contribution in [0.2, 0.25) is 0 Å². The molecule has 8 nitrogen and oxygen atoms in total. The van der Waals surface area contributed by atoms with Gasteiger partial charge in [-0.15, -0.1) is 0 Å². The number of amides is 4. The van der Waals surface area contributed by atoms with Crippen LogP contribution < -0.4 is 10.1 Å². The standard InChI is InChI=1S/C25H27N3O5/c1-17(28-24(31)20-9-5-6-10-21(20)25(28)32)23(30)26-18-11-14-27(15-12-18)22(29)13-16-33-19-7-3-2-4-8-19/h2-10,17-18H,11-16H2,1H3,(H,26,30). The Labute approximate surface area is 192 Å². The molecule has 1 saturated heterocycles. The van der Waals surface area contributed by atoms with Crippen molar-refractivity contribution in [2.24, 2.45) is 0 Å².